The first-order valence-electron chi connectivity index (χ1n) is 8.51. The average molecular weight is 266 g/mol. The SMILES string of the molecule is CC1CC(NCCCN2CCCCC2)CC(C)(C)C1. The van der Waals surface area contributed by atoms with Crippen LogP contribution in [-0.4, -0.2) is 37.1 Å². The Balaban J connectivity index is 1.59. The Kier molecular flexibility index (Phi) is 5.70. The van der Waals surface area contributed by atoms with Gasteiger partial charge >= 0.3 is 0 Å². The van der Waals surface area contributed by atoms with Crippen LogP contribution in [0.3, 0.4) is 0 Å². The van der Waals surface area contributed by atoms with Crippen molar-refractivity contribution in [2.75, 3.05) is 26.2 Å². The lowest BCUT2D eigenvalue weighted by atomic mass is 9.70. The predicted molar refractivity (Wildman–Crippen MR) is 83.5 cm³/mol. The summed E-state index contributed by atoms with van der Waals surface area (Å²) in [5.41, 5.74) is 0.544. The minimum atomic E-state index is 0.544. The zero-order valence-corrected chi connectivity index (χ0v) is 13.4. The maximum absolute atomic E-state index is 3.82. The highest BCUT2D eigenvalue weighted by molar-refractivity contribution is 4.86. The molecule has 2 fully saturated rings. The van der Waals surface area contributed by atoms with Gasteiger partial charge in [-0.3, -0.25) is 0 Å². The molecule has 0 aromatic heterocycles. The fraction of sp³-hybridized carbons (Fsp3) is 1.00. The van der Waals surface area contributed by atoms with Gasteiger partial charge in [0.05, 0.1) is 0 Å². The molecule has 0 amide bonds. The van der Waals surface area contributed by atoms with E-state index in [4.69, 9.17) is 0 Å². The van der Waals surface area contributed by atoms with Crippen LogP contribution in [0.4, 0.5) is 0 Å². The lowest BCUT2D eigenvalue weighted by Gasteiger charge is -2.39. The van der Waals surface area contributed by atoms with Crippen molar-refractivity contribution in [3.63, 3.8) is 0 Å². The number of nitrogens with one attached hydrogen (secondary N) is 1. The molecular weight excluding hydrogens is 232 g/mol. The van der Waals surface area contributed by atoms with E-state index in [1.807, 2.05) is 0 Å². The fourth-order valence-corrected chi connectivity index (χ4v) is 4.29. The minimum Gasteiger partial charge on any atom is -0.314 e. The maximum Gasteiger partial charge on any atom is 0.00746 e. The summed E-state index contributed by atoms with van der Waals surface area (Å²) in [6.45, 7) is 12.5. The first kappa shape index (κ1) is 15.3. The Morgan fingerprint density at radius 1 is 1.11 bits per heavy atom. The Morgan fingerprint density at radius 2 is 1.84 bits per heavy atom. The van der Waals surface area contributed by atoms with Gasteiger partial charge in [0.2, 0.25) is 0 Å². The molecular formula is C17H34N2. The van der Waals surface area contributed by atoms with E-state index in [0.29, 0.717) is 5.41 Å². The minimum absolute atomic E-state index is 0.544. The van der Waals surface area contributed by atoms with Crippen LogP contribution in [0.2, 0.25) is 0 Å². The summed E-state index contributed by atoms with van der Waals surface area (Å²) in [5.74, 6) is 0.892. The fourth-order valence-electron chi connectivity index (χ4n) is 4.29. The van der Waals surface area contributed by atoms with E-state index < -0.39 is 0 Å². The summed E-state index contributed by atoms with van der Waals surface area (Å²) in [7, 11) is 0. The first-order valence-corrected chi connectivity index (χ1v) is 8.51. The largest absolute Gasteiger partial charge is 0.314 e. The third-order valence-electron chi connectivity index (χ3n) is 4.92. The normalized spacial score (nSPS) is 32.4. The second kappa shape index (κ2) is 7.08. The second-order valence-electron chi connectivity index (χ2n) is 7.82. The Hall–Kier alpha value is -0.0800. The molecule has 2 aliphatic rings. The van der Waals surface area contributed by atoms with Gasteiger partial charge in [0.15, 0.2) is 0 Å². The molecule has 1 aliphatic heterocycles. The number of hydrogen-bond acceptors (Lipinski definition) is 2. The summed E-state index contributed by atoms with van der Waals surface area (Å²) in [6, 6.07) is 0.764. The van der Waals surface area contributed by atoms with Gasteiger partial charge in [-0.05, 0) is 76.0 Å². The van der Waals surface area contributed by atoms with Crippen molar-refractivity contribution in [1.82, 2.24) is 10.2 Å². The zero-order valence-electron chi connectivity index (χ0n) is 13.4. The van der Waals surface area contributed by atoms with Gasteiger partial charge in [-0.25, -0.2) is 0 Å². The van der Waals surface area contributed by atoms with Gasteiger partial charge in [0.1, 0.15) is 0 Å². The van der Waals surface area contributed by atoms with Crippen LogP contribution in [0, 0.1) is 11.3 Å². The molecule has 1 heterocycles. The van der Waals surface area contributed by atoms with E-state index in [0.717, 1.165) is 12.0 Å². The molecule has 1 saturated heterocycles. The Bertz CT molecular complexity index is 256. The van der Waals surface area contributed by atoms with Crippen molar-refractivity contribution < 1.29 is 0 Å². The monoisotopic (exact) mass is 266 g/mol. The van der Waals surface area contributed by atoms with Crippen LogP contribution in [0.1, 0.15) is 65.7 Å². The number of likely N-dealkylation sites (tertiary alicyclic amines) is 1. The summed E-state index contributed by atoms with van der Waals surface area (Å²) in [4.78, 5) is 2.65. The van der Waals surface area contributed by atoms with E-state index in [1.165, 1.54) is 71.1 Å². The van der Waals surface area contributed by atoms with Crippen LogP contribution in [0.25, 0.3) is 0 Å². The second-order valence-corrected chi connectivity index (χ2v) is 7.82. The molecule has 2 nitrogen and oxygen atoms in total. The van der Waals surface area contributed by atoms with Crippen LogP contribution in [0.5, 0.6) is 0 Å². The van der Waals surface area contributed by atoms with Crippen molar-refractivity contribution in [3.05, 3.63) is 0 Å². The standard InChI is InChI=1S/C17H34N2/c1-15-12-16(14-17(2,3)13-15)18-8-7-11-19-9-5-4-6-10-19/h15-16,18H,4-14H2,1-3H3. The molecule has 0 radical (unpaired) electrons. The lowest BCUT2D eigenvalue weighted by Crippen LogP contribution is -2.41. The Morgan fingerprint density at radius 3 is 2.53 bits per heavy atom. The van der Waals surface area contributed by atoms with E-state index in [9.17, 15) is 0 Å². The number of nitrogens with zero attached hydrogens (tertiary/aromatic N) is 1. The molecule has 0 spiro atoms. The summed E-state index contributed by atoms with van der Waals surface area (Å²) in [5, 5.41) is 3.82. The molecule has 0 bridgehead atoms. The topological polar surface area (TPSA) is 15.3 Å². The summed E-state index contributed by atoms with van der Waals surface area (Å²) in [6.07, 6.45) is 9.76. The van der Waals surface area contributed by atoms with Gasteiger partial charge in [0.25, 0.3) is 0 Å². The molecule has 1 saturated carbocycles. The zero-order chi connectivity index (χ0) is 13.7. The third kappa shape index (κ3) is 5.43. The molecule has 1 N–H and O–H groups in total. The lowest BCUT2D eigenvalue weighted by molar-refractivity contribution is 0.149. The van der Waals surface area contributed by atoms with Crippen LogP contribution in [0.15, 0.2) is 0 Å². The van der Waals surface area contributed by atoms with Gasteiger partial charge in [-0.2, -0.15) is 0 Å². The van der Waals surface area contributed by atoms with E-state index in [1.54, 1.807) is 0 Å². The van der Waals surface area contributed by atoms with Crippen molar-refractivity contribution in [1.29, 1.82) is 0 Å². The van der Waals surface area contributed by atoms with Crippen molar-refractivity contribution in [3.8, 4) is 0 Å². The predicted octanol–water partition coefficient (Wildman–Crippen LogP) is 3.67. The first-order chi connectivity index (χ1) is 9.05. The highest BCUT2D eigenvalue weighted by Crippen LogP contribution is 2.38. The molecule has 2 unspecified atom stereocenters. The molecule has 19 heavy (non-hydrogen) atoms. The van der Waals surface area contributed by atoms with Crippen molar-refractivity contribution in [2.45, 2.75) is 71.8 Å². The van der Waals surface area contributed by atoms with Crippen molar-refractivity contribution >= 4 is 0 Å². The molecule has 0 aromatic carbocycles. The number of rotatable bonds is 5. The van der Waals surface area contributed by atoms with Crippen LogP contribution >= 0.6 is 0 Å². The molecule has 0 aromatic rings. The molecule has 2 heteroatoms. The van der Waals surface area contributed by atoms with Crippen LogP contribution < -0.4 is 5.32 Å². The van der Waals surface area contributed by atoms with E-state index >= 15 is 0 Å². The van der Waals surface area contributed by atoms with Crippen molar-refractivity contribution in [2.24, 2.45) is 11.3 Å². The average Bonchev–Trinajstić information content (AvgIpc) is 2.33. The van der Waals surface area contributed by atoms with Crippen LogP contribution in [-0.2, 0) is 0 Å². The van der Waals surface area contributed by atoms with Gasteiger partial charge in [-0.15, -0.1) is 0 Å². The van der Waals surface area contributed by atoms with E-state index in [-0.39, 0.29) is 0 Å². The smallest absolute Gasteiger partial charge is 0.00746 e. The number of piperidine rings is 1. The van der Waals surface area contributed by atoms with Gasteiger partial charge in [0, 0.05) is 6.04 Å². The van der Waals surface area contributed by atoms with Gasteiger partial charge < -0.3 is 10.2 Å². The highest BCUT2D eigenvalue weighted by Gasteiger charge is 2.31. The third-order valence-corrected chi connectivity index (χ3v) is 4.92. The summed E-state index contributed by atoms with van der Waals surface area (Å²) < 4.78 is 0. The molecule has 1 aliphatic carbocycles. The quantitative estimate of drug-likeness (QED) is 0.764. The Labute approximate surface area is 120 Å². The van der Waals surface area contributed by atoms with E-state index in [2.05, 4.69) is 31.0 Å². The summed E-state index contributed by atoms with van der Waals surface area (Å²) >= 11 is 0. The molecule has 2 rings (SSSR count). The number of hydrogen-bond donors (Lipinski definition) is 1. The molecule has 2 atom stereocenters. The molecule has 112 valence electrons. The van der Waals surface area contributed by atoms with Gasteiger partial charge in [-0.1, -0.05) is 27.2 Å². The highest BCUT2D eigenvalue weighted by atomic mass is 15.1. The maximum atomic E-state index is 3.82.